The van der Waals surface area contributed by atoms with Gasteiger partial charge in [0.2, 0.25) is 10.0 Å². The molecule has 1 aliphatic carbocycles. The Bertz CT molecular complexity index is 577. The van der Waals surface area contributed by atoms with Gasteiger partial charge in [-0.3, -0.25) is 0 Å². The molecular formula is C17H27ClN2O2S. The van der Waals surface area contributed by atoms with E-state index in [0.717, 1.165) is 25.9 Å². The van der Waals surface area contributed by atoms with E-state index in [1.807, 2.05) is 12.1 Å². The zero-order valence-corrected chi connectivity index (χ0v) is 15.1. The first-order valence-corrected chi connectivity index (χ1v) is 9.96. The van der Waals surface area contributed by atoms with E-state index in [-0.39, 0.29) is 18.4 Å². The molecule has 0 unspecified atom stereocenters. The lowest BCUT2D eigenvalue weighted by atomic mass is 9.84. The molecule has 0 radical (unpaired) electrons. The van der Waals surface area contributed by atoms with Gasteiger partial charge in [-0.05, 0) is 55.8 Å². The summed E-state index contributed by atoms with van der Waals surface area (Å²) in [6.07, 6.45) is 8.32. The van der Waals surface area contributed by atoms with Gasteiger partial charge < -0.3 is 5.32 Å². The van der Waals surface area contributed by atoms with E-state index in [1.54, 1.807) is 12.1 Å². The lowest BCUT2D eigenvalue weighted by Crippen LogP contribution is -2.45. The Morgan fingerprint density at radius 3 is 2.26 bits per heavy atom. The van der Waals surface area contributed by atoms with Gasteiger partial charge in [0.1, 0.15) is 0 Å². The molecule has 1 aliphatic heterocycles. The van der Waals surface area contributed by atoms with Crippen molar-refractivity contribution in [1.82, 2.24) is 10.0 Å². The molecule has 1 aromatic carbocycles. The fraction of sp³-hybridized carbons (Fsp3) is 0.647. The number of hydrogen-bond donors (Lipinski definition) is 2. The second-order valence-corrected chi connectivity index (χ2v) is 8.28. The summed E-state index contributed by atoms with van der Waals surface area (Å²) in [5, 5.41) is 3.23. The van der Waals surface area contributed by atoms with Gasteiger partial charge in [-0.2, -0.15) is 0 Å². The number of hydrogen-bond acceptors (Lipinski definition) is 3. The number of piperidine rings is 1. The molecule has 0 amide bonds. The highest BCUT2D eigenvalue weighted by atomic mass is 35.5. The second-order valence-electron chi connectivity index (χ2n) is 6.57. The largest absolute Gasteiger partial charge is 0.315 e. The molecule has 4 nitrogen and oxygen atoms in total. The molecule has 23 heavy (non-hydrogen) atoms. The zero-order chi connectivity index (χ0) is 15.4. The molecule has 2 aliphatic rings. The molecule has 130 valence electrons. The molecule has 0 aromatic heterocycles. The van der Waals surface area contributed by atoms with Crippen molar-refractivity contribution < 1.29 is 8.42 Å². The molecule has 1 atom stereocenters. The lowest BCUT2D eigenvalue weighted by molar-refractivity contribution is 0.428. The minimum absolute atomic E-state index is 0. The van der Waals surface area contributed by atoms with Crippen LogP contribution in [0.1, 0.15) is 56.4 Å². The fourth-order valence-electron chi connectivity index (χ4n) is 3.59. The van der Waals surface area contributed by atoms with Crippen LogP contribution in [0.25, 0.3) is 0 Å². The quantitative estimate of drug-likeness (QED) is 0.869. The van der Waals surface area contributed by atoms with E-state index < -0.39 is 10.0 Å². The van der Waals surface area contributed by atoms with Crippen LogP contribution in [-0.4, -0.2) is 27.5 Å². The number of sulfonamides is 1. The highest BCUT2D eigenvalue weighted by Crippen LogP contribution is 2.32. The summed E-state index contributed by atoms with van der Waals surface area (Å²) in [6, 6.07) is 7.55. The van der Waals surface area contributed by atoms with Crippen LogP contribution in [0.5, 0.6) is 0 Å². The Morgan fingerprint density at radius 1 is 0.957 bits per heavy atom. The number of rotatable bonds is 4. The van der Waals surface area contributed by atoms with Crippen LogP contribution in [0, 0.1) is 0 Å². The molecule has 2 fully saturated rings. The van der Waals surface area contributed by atoms with Gasteiger partial charge in [0.25, 0.3) is 0 Å². The first kappa shape index (κ1) is 18.7. The summed E-state index contributed by atoms with van der Waals surface area (Å²) < 4.78 is 27.7. The van der Waals surface area contributed by atoms with Crippen molar-refractivity contribution in [2.24, 2.45) is 0 Å². The van der Waals surface area contributed by atoms with E-state index >= 15 is 0 Å². The average molecular weight is 359 g/mol. The highest BCUT2D eigenvalue weighted by molar-refractivity contribution is 7.89. The number of nitrogens with one attached hydrogen (secondary N) is 2. The first-order chi connectivity index (χ1) is 10.6. The van der Waals surface area contributed by atoms with Gasteiger partial charge in [-0.1, -0.05) is 31.4 Å². The van der Waals surface area contributed by atoms with Crippen molar-refractivity contribution in [3.63, 3.8) is 0 Å². The van der Waals surface area contributed by atoms with Crippen LogP contribution >= 0.6 is 12.4 Å². The van der Waals surface area contributed by atoms with Gasteiger partial charge >= 0.3 is 0 Å². The van der Waals surface area contributed by atoms with Crippen molar-refractivity contribution in [1.29, 1.82) is 0 Å². The van der Waals surface area contributed by atoms with E-state index in [4.69, 9.17) is 0 Å². The monoisotopic (exact) mass is 358 g/mol. The van der Waals surface area contributed by atoms with Gasteiger partial charge in [-0.25, -0.2) is 13.1 Å². The fourth-order valence-corrected chi connectivity index (χ4v) is 4.87. The Morgan fingerprint density at radius 2 is 1.65 bits per heavy atom. The Balaban J connectivity index is 0.00000192. The maximum absolute atomic E-state index is 12.4. The third-order valence-corrected chi connectivity index (χ3v) is 6.42. The molecule has 6 heteroatoms. The second kappa shape index (κ2) is 8.47. The molecule has 0 bridgehead atoms. The van der Waals surface area contributed by atoms with Crippen LogP contribution in [0.3, 0.4) is 0 Å². The lowest BCUT2D eigenvalue weighted by Gasteiger charge is -2.24. The molecule has 3 rings (SSSR count). The predicted octanol–water partition coefficient (Wildman–Crippen LogP) is 3.19. The summed E-state index contributed by atoms with van der Waals surface area (Å²) in [5.41, 5.74) is 1.29. The average Bonchev–Trinajstić information content (AvgIpc) is 2.56. The standard InChI is InChI=1S/C17H26N2O2S.ClH/c20-22(21,19-16-7-4-12-18-13-16)17-10-8-15(9-11-17)14-5-2-1-3-6-14;/h8-11,14,16,18-19H,1-7,12-13H2;1H/t16-;/m1./s1. The van der Waals surface area contributed by atoms with E-state index in [1.165, 1.54) is 37.7 Å². The van der Waals surface area contributed by atoms with E-state index in [2.05, 4.69) is 10.0 Å². The van der Waals surface area contributed by atoms with Crippen LogP contribution in [-0.2, 0) is 10.0 Å². The van der Waals surface area contributed by atoms with Crippen molar-refractivity contribution >= 4 is 22.4 Å². The summed E-state index contributed by atoms with van der Waals surface area (Å²) in [7, 11) is -3.40. The Kier molecular flexibility index (Phi) is 6.89. The van der Waals surface area contributed by atoms with Crippen LogP contribution in [0.2, 0.25) is 0 Å². The molecular weight excluding hydrogens is 332 g/mol. The topological polar surface area (TPSA) is 58.2 Å². The van der Waals surface area contributed by atoms with E-state index in [9.17, 15) is 8.42 Å². The highest BCUT2D eigenvalue weighted by Gasteiger charge is 2.22. The minimum atomic E-state index is -3.40. The van der Waals surface area contributed by atoms with Gasteiger partial charge in [0.05, 0.1) is 4.90 Å². The van der Waals surface area contributed by atoms with Crippen LogP contribution in [0.15, 0.2) is 29.2 Å². The smallest absolute Gasteiger partial charge is 0.240 e. The van der Waals surface area contributed by atoms with Gasteiger partial charge in [0, 0.05) is 12.6 Å². The van der Waals surface area contributed by atoms with Crippen LogP contribution < -0.4 is 10.0 Å². The normalized spacial score (nSPS) is 23.2. The molecule has 2 N–H and O–H groups in total. The zero-order valence-electron chi connectivity index (χ0n) is 13.5. The van der Waals surface area contributed by atoms with Crippen molar-refractivity contribution in [3.8, 4) is 0 Å². The third-order valence-electron chi connectivity index (χ3n) is 4.89. The minimum Gasteiger partial charge on any atom is -0.315 e. The SMILES string of the molecule is Cl.O=S(=O)(N[C@@H]1CCCNC1)c1ccc(C2CCCCC2)cc1. The number of halogens is 1. The molecule has 1 aromatic rings. The third kappa shape index (κ3) is 4.92. The summed E-state index contributed by atoms with van der Waals surface area (Å²) in [4.78, 5) is 0.387. The maximum atomic E-state index is 12.4. The first-order valence-electron chi connectivity index (χ1n) is 8.48. The van der Waals surface area contributed by atoms with Gasteiger partial charge in [-0.15, -0.1) is 12.4 Å². The molecule has 0 spiro atoms. The van der Waals surface area contributed by atoms with Gasteiger partial charge in [0.15, 0.2) is 0 Å². The maximum Gasteiger partial charge on any atom is 0.240 e. The summed E-state index contributed by atoms with van der Waals surface area (Å²) in [6.45, 7) is 1.70. The Labute approximate surface area is 145 Å². The van der Waals surface area contributed by atoms with Crippen molar-refractivity contribution in [3.05, 3.63) is 29.8 Å². The molecule has 1 heterocycles. The van der Waals surface area contributed by atoms with Crippen molar-refractivity contribution in [2.45, 2.75) is 61.8 Å². The van der Waals surface area contributed by atoms with Crippen molar-refractivity contribution in [2.75, 3.05) is 13.1 Å². The summed E-state index contributed by atoms with van der Waals surface area (Å²) >= 11 is 0. The Hall–Kier alpha value is -0.620. The van der Waals surface area contributed by atoms with E-state index in [0.29, 0.717) is 10.8 Å². The molecule has 1 saturated heterocycles. The van der Waals surface area contributed by atoms with Crippen LogP contribution in [0.4, 0.5) is 0 Å². The molecule has 1 saturated carbocycles. The number of benzene rings is 1. The summed E-state index contributed by atoms with van der Waals surface area (Å²) in [5.74, 6) is 0.612. The predicted molar refractivity (Wildman–Crippen MR) is 95.7 cm³/mol.